The molecular formula is C19H24N2O2S. The largest absolute Gasteiger partial charge is 0.276 e. The van der Waals surface area contributed by atoms with E-state index in [0.29, 0.717) is 5.56 Å². The monoisotopic (exact) mass is 344 g/mol. The standard InChI is InChI=1S/C19H24N2O2S/c1-14-6-7-15(2)18(12-14)24(22,23)21-20-13-16-8-10-17(11-9-16)19(3,4)5/h6-13,21H,1-5H3/b20-13+. The molecule has 0 radical (unpaired) electrons. The fourth-order valence-corrected chi connectivity index (χ4v) is 3.41. The smallest absolute Gasteiger partial charge is 0.200 e. The van der Waals surface area contributed by atoms with Crippen LogP contribution in [0.15, 0.2) is 52.5 Å². The van der Waals surface area contributed by atoms with Crippen LogP contribution in [0, 0.1) is 13.8 Å². The predicted molar refractivity (Wildman–Crippen MR) is 99.0 cm³/mol. The van der Waals surface area contributed by atoms with Crippen molar-refractivity contribution in [3.63, 3.8) is 0 Å². The molecule has 0 unspecified atom stereocenters. The van der Waals surface area contributed by atoms with Crippen LogP contribution in [0.4, 0.5) is 0 Å². The quantitative estimate of drug-likeness (QED) is 0.675. The van der Waals surface area contributed by atoms with E-state index in [9.17, 15) is 8.42 Å². The molecule has 0 spiro atoms. The lowest BCUT2D eigenvalue weighted by Crippen LogP contribution is -2.19. The van der Waals surface area contributed by atoms with Crippen molar-refractivity contribution in [3.8, 4) is 0 Å². The van der Waals surface area contributed by atoms with E-state index in [2.05, 4.69) is 30.7 Å². The molecule has 2 aromatic carbocycles. The molecule has 0 saturated heterocycles. The molecular weight excluding hydrogens is 320 g/mol. The highest BCUT2D eigenvalue weighted by Gasteiger charge is 2.16. The molecule has 0 aliphatic carbocycles. The molecule has 5 heteroatoms. The summed E-state index contributed by atoms with van der Waals surface area (Å²) in [6, 6.07) is 13.2. The summed E-state index contributed by atoms with van der Waals surface area (Å²) in [4.78, 5) is 2.53. The van der Waals surface area contributed by atoms with Crippen LogP contribution in [-0.2, 0) is 15.4 Å². The van der Waals surface area contributed by atoms with Crippen molar-refractivity contribution >= 4 is 16.2 Å². The van der Waals surface area contributed by atoms with Gasteiger partial charge < -0.3 is 0 Å². The van der Waals surface area contributed by atoms with Crippen molar-refractivity contribution in [1.29, 1.82) is 0 Å². The summed E-state index contributed by atoms with van der Waals surface area (Å²) in [5.41, 5.74) is 3.72. The second-order valence-corrected chi connectivity index (χ2v) is 8.62. The Morgan fingerprint density at radius 2 is 1.62 bits per heavy atom. The van der Waals surface area contributed by atoms with E-state index in [4.69, 9.17) is 0 Å². The Morgan fingerprint density at radius 1 is 1.00 bits per heavy atom. The minimum atomic E-state index is -3.66. The normalized spacial score (nSPS) is 12.5. The average Bonchev–Trinajstić information content (AvgIpc) is 2.49. The molecule has 0 fully saturated rings. The molecule has 0 heterocycles. The lowest BCUT2D eigenvalue weighted by atomic mass is 9.87. The first-order valence-corrected chi connectivity index (χ1v) is 9.30. The molecule has 0 atom stereocenters. The number of hydrogen-bond donors (Lipinski definition) is 1. The number of aryl methyl sites for hydroxylation is 2. The Bertz CT molecular complexity index is 846. The summed E-state index contributed by atoms with van der Waals surface area (Å²) >= 11 is 0. The zero-order valence-electron chi connectivity index (χ0n) is 14.8. The van der Waals surface area contributed by atoms with Crippen LogP contribution in [0.3, 0.4) is 0 Å². The van der Waals surface area contributed by atoms with Crippen molar-refractivity contribution in [2.45, 2.75) is 44.9 Å². The first kappa shape index (κ1) is 18.2. The summed E-state index contributed by atoms with van der Waals surface area (Å²) in [5.74, 6) is 0. The number of hydrogen-bond acceptors (Lipinski definition) is 3. The first-order chi connectivity index (χ1) is 11.1. The predicted octanol–water partition coefficient (Wildman–Crippen LogP) is 3.91. The van der Waals surface area contributed by atoms with E-state index in [1.807, 2.05) is 37.3 Å². The van der Waals surface area contributed by atoms with Gasteiger partial charge in [0.25, 0.3) is 10.0 Å². The van der Waals surface area contributed by atoms with E-state index < -0.39 is 10.0 Å². The summed E-state index contributed by atoms with van der Waals surface area (Å²) in [6.07, 6.45) is 1.51. The van der Waals surface area contributed by atoms with Crippen LogP contribution in [0.2, 0.25) is 0 Å². The molecule has 128 valence electrons. The topological polar surface area (TPSA) is 58.5 Å². The van der Waals surface area contributed by atoms with Crippen LogP contribution in [0.25, 0.3) is 0 Å². The maximum atomic E-state index is 12.4. The van der Waals surface area contributed by atoms with Gasteiger partial charge in [-0.25, -0.2) is 4.83 Å². The fourth-order valence-electron chi connectivity index (χ4n) is 2.29. The third-order valence-electron chi connectivity index (χ3n) is 3.80. The molecule has 0 bridgehead atoms. The number of nitrogens with one attached hydrogen (secondary N) is 1. The van der Waals surface area contributed by atoms with Gasteiger partial charge in [0.2, 0.25) is 0 Å². The number of rotatable bonds is 4. The van der Waals surface area contributed by atoms with E-state index in [1.165, 1.54) is 11.8 Å². The Hall–Kier alpha value is -2.14. The summed E-state index contributed by atoms with van der Waals surface area (Å²) in [6.45, 7) is 10.1. The lowest BCUT2D eigenvalue weighted by molar-refractivity contribution is 0.584. The van der Waals surface area contributed by atoms with Crippen LogP contribution in [-0.4, -0.2) is 14.6 Å². The summed E-state index contributed by atoms with van der Waals surface area (Å²) in [5, 5.41) is 3.89. The van der Waals surface area contributed by atoms with Gasteiger partial charge >= 0.3 is 0 Å². The lowest BCUT2D eigenvalue weighted by Gasteiger charge is -2.18. The second-order valence-electron chi connectivity index (χ2n) is 6.99. The van der Waals surface area contributed by atoms with Gasteiger partial charge in [-0.05, 0) is 47.6 Å². The van der Waals surface area contributed by atoms with Crippen molar-refractivity contribution in [2.75, 3.05) is 0 Å². The van der Waals surface area contributed by atoms with Crippen LogP contribution < -0.4 is 4.83 Å². The van der Waals surface area contributed by atoms with Crippen molar-refractivity contribution in [3.05, 3.63) is 64.7 Å². The zero-order chi connectivity index (χ0) is 18.0. The van der Waals surface area contributed by atoms with E-state index in [0.717, 1.165) is 11.1 Å². The number of hydrazone groups is 1. The molecule has 0 amide bonds. The number of nitrogens with zero attached hydrogens (tertiary/aromatic N) is 1. The molecule has 4 nitrogen and oxygen atoms in total. The highest BCUT2D eigenvalue weighted by Crippen LogP contribution is 2.21. The number of sulfonamides is 1. The molecule has 0 aliphatic rings. The highest BCUT2D eigenvalue weighted by molar-refractivity contribution is 7.89. The van der Waals surface area contributed by atoms with Gasteiger partial charge in [-0.2, -0.15) is 13.5 Å². The molecule has 1 N–H and O–H groups in total. The van der Waals surface area contributed by atoms with Gasteiger partial charge in [-0.15, -0.1) is 0 Å². The Labute approximate surface area is 144 Å². The van der Waals surface area contributed by atoms with Gasteiger partial charge in [0, 0.05) is 0 Å². The van der Waals surface area contributed by atoms with Crippen molar-refractivity contribution in [2.24, 2.45) is 5.10 Å². The summed E-state index contributed by atoms with van der Waals surface area (Å²) < 4.78 is 24.7. The zero-order valence-corrected chi connectivity index (χ0v) is 15.6. The molecule has 2 aromatic rings. The maximum Gasteiger partial charge on any atom is 0.276 e. The fraction of sp³-hybridized carbons (Fsp3) is 0.316. The van der Waals surface area contributed by atoms with Crippen molar-refractivity contribution < 1.29 is 8.42 Å². The van der Waals surface area contributed by atoms with Gasteiger partial charge in [-0.3, -0.25) is 0 Å². The van der Waals surface area contributed by atoms with Gasteiger partial charge in [0.15, 0.2) is 0 Å². The maximum absolute atomic E-state index is 12.4. The first-order valence-electron chi connectivity index (χ1n) is 7.82. The average molecular weight is 344 g/mol. The van der Waals surface area contributed by atoms with Gasteiger partial charge in [0.05, 0.1) is 11.1 Å². The SMILES string of the molecule is Cc1ccc(C)c(S(=O)(=O)N/N=C/c2ccc(C(C)(C)C)cc2)c1. The van der Waals surface area contributed by atoms with Crippen LogP contribution in [0.1, 0.15) is 43.0 Å². The van der Waals surface area contributed by atoms with Gasteiger partial charge in [0.1, 0.15) is 0 Å². The molecule has 0 saturated carbocycles. The van der Waals surface area contributed by atoms with Crippen LogP contribution in [0.5, 0.6) is 0 Å². The molecule has 2 rings (SSSR count). The summed E-state index contributed by atoms with van der Waals surface area (Å²) in [7, 11) is -3.66. The van der Waals surface area contributed by atoms with E-state index in [1.54, 1.807) is 19.1 Å². The third kappa shape index (κ3) is 4.45. The van der Waals surface area contributed by atoms with Crippen LogP contribution >= 0.6 is 0 Å². The molecule has 0 aliphatic heterocycles. The Balaban J connectivity index is 2.14. The Kier molecular flexibility index (Phi) is 5.13. The minimum absolute atomic E-state index is 0.0833. The van der Waals surface area contributed by atoms with Gasteiger partial charge in [-0.1, -0.05) is 57.2 Å². The molecule has 0 aromatic heterocycles. The second kappa shape index (κ2) is 6.77. The third-order valence-corrected chi connectivity index (χ3v) is 5.16. The Morgan fingerprint density at radius 3 is 2.21 bits per heavy atom. The molecule has 24 heavy (non-hydrogen) atoms. The highest BCUT2D eigenvalue weighted by atomic mass is 32.2. The van der Waals surface area contributed by atoms with E-state index >= 15 is 0 Å². The van der Waals surface area contributed by atoms with E-state index in [-0.39, 0.29) is 10.3 Å². The van der Waals surface area contributed by atoms with Crippen molar-refractivity contribution in [1.82, 2.24) is 4.83 Å². The minimum Gasteiger partial charge on any atom is -0.200 e. The number of benzene rings is 2.